The Morgan fingerprint density at radius 3 is 2.76 bits per heavy atom. The van der Waals surface area contributed by atoms with Gasteiger partial charge in [-0.3, -0.25) is 9.69 Å². The smallest absolute Gasteiger partial charge is 0.251 e. The zero-order valence-electron chi connectivity index (χ0n) is 16.9. The largest absolute Gasteiger partial charge is 0.379 e. The standard InChI is InChI=1S/C23H28N4O2/c1-18-5-4-6-19(17-18)23(28)24-10-9-22-25-20-7-2-3-8-21(20)27(22)12-11-26-13-15-29-16-14-26/h2-8,17H,9-16H2,1H3,(H,24,28). The van der Waals surface area contributed by atoms with E-state index < -0.39 is 0 Å². The van der Waals surface area contributed by atoms with Crippen LogP contribution in [0, 0.1) is 6.92 Å². The molecular weight excluding hydrogens is 364 g/mol. The molecule has 152 valence electrons. The zero-order valence-corrected chi connectivity index (χ0v) is 16.9. The van der Waals surface area contributed by atoms with Gasteiger partial charge in [0.05, 0.1) is 24.2 Å². The molecule has 4 rings (SSSR count). The number of fused-ring (bicyclic) bond motifs is 1. The average Bonchev–Trinajstić information content (AvgIpc) is 3.10. The minimum Gasteiger partial charge on any atom is -0.379 e. The van der Waals surface area contributed by atoms with E-state index in [0.717, 1.165) is 61.8 Å². The number of para-hydroxylation sites is 2. The fourth-order valence-corrected chi connectivity index (χ4v) is 3.81. The van der Waals surface area contributed by atoms with E-state index in [4.69, 9.17) is 9.72 Å². The molecule has 1 saturated heterocycles. The first-order valence-electron chi connectivity index (χ1n) is 10.3. The number of carbonyl (C=O) groups excluding carboxylic acids is 1. The molecule has 0 spiro atoms. The Bertz CT molecular complexity index is 976. The number of imidazole rings is 1. The first-order valence-corrected chi connectivity index (χ1v) is 10.3. The third-order valence-corrected chi connectivity index (χ3v) is 5.39. The molecule has 29 heavy (non-hydrogen) atoms. The number of carbonyl (C=O) groups is 1. The molecule has 2 aromatic carbocycles. The number of aromatic nitrogens is 2. The second kappa shape index (κ2) is 9.20. The summed E-state index contributed by atoms with van der Waals surface area (Å²) in [6.45, 7) is 8.00. The van der Waals surface area contributed by atoms with Crippen LogP contribution in [0.5, 0.6) is 0 Å². The van der Waals surface area contributed by atoms with Crippen molar-refractivity contribution in [3.05, 3.63) is 65.5 Å². The van der Waals surface area contributed by atoms with Gasteiger partial charge in [-0.25, -0.2) is 4.98 Å². The van der Waals surface area contributed by atoms with Gasteiger partial charge in [-0.15, -0.1) is 0 Å². The number of benzene rings is 2. The van der Waals surface area contributed by atoms with Gasteiger partial charge >= 0.3 is 0 Å². The molecule has 3 aromatic rings. The van der Waals surface area contributed by atoms with Crippen LogP contribution >= 0.6 is 0 Å². The van der Waals surface area contributed by atoms with Crippen molar-refractivity contribution < 1.29 is 9.53 Å². The number of amides is 1. The van der Waals surface area contributed by atoms with Crippen LogP contribution in [-0.2, 0) is 17.7 Å². The number of ether oxygens (including phenoxy) is 1. The molecule has 6 heteroatoms. The van der Waals surface area contributed by atoms with Crippen LogP contribution in [0.25, 0.3) is 11.0 Å². The molecule has 0 radical (unpaired) electrons. The minimum absolute atomic E-state index is 0.0373. The molecule has 1 N–H and O–H groups in total. The predicted molar refractivity (Wildman–Crippen MR) is 114 cm³/mol. The summed E-state index contributed by atoms with van der Waals surface area (Å²) in [5.74, 6) is 0.980. The summed E-state index contributed by atoms with van der Waals surface area (Å²) in [4.78, 5) is 19.7. The van der Waals surface area contributed by atoms with Crippen molar-refractivity contribution >= 4 is 16.9 Å². The average molecular weight is 393 g/mol. The quantitative estimate of drug-likeness (QED) is 0.672. The Hall–Kier alpha value is -2.70. The molecule has 1 aromatic heterocycles. The summed E-state index contributed by atoms with van der Waals surface area (Å²) in [5, 5.41) is 3.03. The van der Waals surface area contributed by atoms with Crippen LogP contribution in [0.1, 0.15) is 21.7 Å². The highest BCUT2D eigenvalue weighted by Crippen LogP contribution is 2.17. The molecule has 0 bridgehead atoms. The molecule has 0 saturated carbocycles. The van der Waals surface area contributed by atoms with Crippen molar-refractivity contribution in [1.29, 1.82) is 0 Å². The van der Waals surface area contributed by atoms with Gasteiger partial charge in [0.1, 0.15) is 5.82 Å². The monoisotopic (exact) mass is 392 g/mol. The third-order valence-electron chi connectivity index (χ3n) is 5.39. The van der Waals surface area contributed by atoms with E-state index in [-0.39, 0.29) is 5.91 Å². The highest BCUT2D eigenvalue weighted by molar-refractivity contribution is 5.94. The van der Waals surface area contributed by atoms with Gasteiger partial charge in [0, 0.05) is 44.7 Å². The van der Waals surface area contributed by atoms with Gasteiger partial charge in [0.25, 0.3) is 5.91 Å². The van der Waals surface area contributed by atoms with Gasteiger partial charge in [0.2, 0.25) is 0 Å². The molecule has 1 aliphatic rings. The van der Waals surface area contributed by atoms with Crippen LogP contribution < -0.4 is 5.32 Å². The summed E-state index contributed by atoms with van der Waals surface area (Å²) in [7, 11) is 0. The van der Waals surface area contributed by atoms with Gasteiger partial charge < -0.3 is 14.6 Å². The first kappa shape index (κ1) is 19.6. The second-order valence-corrected chi connectivity index (χ2v) is 7.50. The number of hydrogen-bond donors (Lipinski definition) is 1. The van der Waals surface area contributed by atoms with Gasteiger partial charge in [-0.2, -0.15) is 0 Å². The second-order valence-electron chi connectivity index (χ2n) is 7.50. The van der Waals surface area contributed by atoms with Crippen LogP contribution in [0.4, 0.5) is 0 Å². The Kier molecular flexibility index (Phi) is 6.22. The number of rotatable bonds is 7. The molecule has 2 heterocycles. The van der Waals surface area contributed by atoms with Gasteiger partial charge in [-0.05, 0) is 31.2 Å². The third kappa shape index (κ3) is 4.83. The molecule has 1 amide bonds. The summed E-state index contributed by atoms with van der Waals surface area (Å²) in [6.07, 6.45) is 0.704. The van der Waals surface area contributed by atoms with Gasteiger partial charge in [-0.1, -0.05) is 29.8 Å². The lowest BCUT2D eigenvalue weighted by atomic mass is 10.1. The molecule has 0 unspecified atom stereocenters. The number of nitrogens with zero attached hydrogens (tertiary/aromatic N) is 3. The number of aryl methyl sites for hydroxylation is 1. The van der Waals surface area contributed by atoms with Crippen molar-refractivity contribution in [2.45, 2.75) is 19.9 Å². The first-order chi connectivity index (χ1) is 14.2. The molecule has 1 fully saturated rings. The van der Waals surface area contributed by atoms with E-state index in [0.29, 0.717) is 18.5 Å². The lowest BCUT2D eigenvalue weighted by Gasteiger charge is -2.27. The predicted octanol–water partition coefficient (Wildman–Crippen LogP) is 2.65. The van der Waals surface area contributed by atoms with Crippen LogP contribution in [0.15, 0.2) is 48.5 Å². The fraction of sp³-hybridized carbons (Fsp3) is 0.391. The van der Waals surface area contributed by atoms with Crippen molar-refractivity contribution in [2.24, 2.45) is 0 Å². The van der Waals surface area contributed by atoms with E-state index in [1.54, 1.807) is 0 Å². The SMILES string of the molecule is Cc1cccc(C(=O)NCCc2nc3ccccc3n2CCN2CCOCC2)c1. The van der Waals surface area contributed by atoms with Crippen molar-refractivity contribution in [3.8, 4) is 0 Å². The van der Waals surface area contributed by atoms with E-state index in [1.807, 2.05) is 37.3 Å². The minimum atomic E-state index is -0.0373. The lowest BCUT2D eigenvalue weighted by molar-refractivity contribution is 0.0364. The Balaban J connectivity index is 1.42. The summed E-state index contributed by atoms with van der Waals surface area (Å²) in [6, 6.07) is 15.9. The summed E-state index contributed by atoms with van der Waals surface area (Å²) in [5.41, 5.74) is 3.95. The summed E-state index contributed by atoms with van der Waals surface area (Å²) < 4.78 is 7.74. The maximum absolute atomic E-state index is 12.4. The Morgan fingerprint density at radius 1 is 1.10 bits per heavy atom. The maximum Gasteiger partial charge on any atom is 0.251 e. The topological polar surface area (TPSA) is 59.4 Å². The van der Waals surface area contributed by atoms with E-state index >= 15 is 0 Å². The van der Waals surface area contributed by atoms with Crippen LogP contribution in [0.2, 0.25) is 0 Å². The molecule has 0 aliphatic carbocycles. The van der Waals surface area contributed by atoms with Crippen molar-refractivity contribution in [2.75, 3.05) is 39.4 Å². The highest BCUT2D eigenvalue weighted by Gasteiger charge is 2.14. The molecule has 6 nitrogen and oxygen atoms in total. The lowest BCUT2D eigenvalue weighted by Crippen LogP contribution is -2.38. The van der Waals surface area contributed by atoms with Crippen molar-refractivity contribution in [3.63, 3.8) is 0 Å². The number of morpholine rings is 1. The normalized spacial score (nSPS) is 14.9. The molecule has 0 atom stereocenters. The Labute approximate surface area is 171 Å². The van der Waals surface area contributed by atoms with Gasteiger partial charge in [0.15, 0.2) is 0 Å². The number of hydrogen-bond acceptors (Lipinski definition) is 4. The fourth-order valence-electron chi connectivity index (χ4n) is 3.81. The van der Waals surface area contributed by atoms with Crippen molar-refractivity contribution in [1.82, 2.24) is 19.8 Å². The Morgan fingerprint density at radius 2 is 1.93 bits per heavy atom. The number of nitrogens with one attached hydrogen (secondary N) is 1. The molecular formula is C23H28N4O2. The van der Waals surface area contributed by atoms with E-state index in [1.165, 1.54) is 0 Å². The molecule has 1 aliphatic heterocycles. The summed E-state index contributed by atoms with van der Waals surface area (Å²) >= 11 is 0. The maximum atomic E-state index is 12.4. The zero-order chi connectivity index (χ0) is 20.1. The van der Waals surface area contributed by atoms with Crippen LogP contribution in [-0.4, -0.2) is 59.8 Å². The van der Waals surface area contributed by atoms with E-state index in [2.05, 4.69) is 33.0 Å². The van der Waals surface area contributed by atoms with Crippen LogP contribution in [0.3, 0.4) is 0 Å². The highest BCUT2D eigenvalue weighted by atomic mass is 16.5. The van der Waals surface area contributed by atoms with E-state index in [9.17, 15) is 4.79 Å².